The number of nitrogens with zero attached hydrogens (tertiary/aromatic N) is 4. The Morgan fingerprint density at radius 2 is 1.89 bits per heavy atom. The van der Waals surface area contributed by atoms with Crippen molar-refractivity contribution in [3.05, 3.63) is 65.6 Å². The molecule has 0 atom stereocenters. The summed E-state index contributed by atoms with van der Waals surface area (Å²) >= 11 is 0. The van der Waals surface area contributed by atoms with Crippen molar-refractivity contribution >= 4 is 16.8 Å². The van der Waals surface area contributed by atoms with Gasteiger partial charge in [0.15, 0.2) is 0 Å². The van der Waals surface area contributed by atoms with Gasteiger partial charge < -0.3 is 5.73 Å². The van der Waals surface area contributed by atoms with E-state index in [0.29, 0.717) is 15.9 Å². The lowest BCUT2D eigenvalue weighted by Gasteiger charge is -2.12. The molecule has 4 rings (SSSR count). The maximum absolute atomic E-state index is 12.8. The zero-order valence-corrected chi connectivity index (χ0v) is 15.2. The molecule has 0 saturated carbocycles. The number of carbonyl (C=O) groups is 1. The third-order valence-corrected chi connectivity index (χ3v) is 4.83. The molecule has 0 aliphatic heterocycles. The van der Waals surface area contributed by atoms with E-state index >= 15 is 0 Å². The van der Waals surface area contributed by atoms with Crippen molar-refractivity contribution in [2.24, 2.45) is 5.73 Å². The zero-order valence-electron chi connectivity index (χ0n) is 15.2. The van der Waals surface area contributed by atoms with E-state index in [1.807, 2.05) is 44.2 Å². The van der Waals surface area contributed by atoms with Crippen LogP contribution in [-0.2, 0) is 0 Å². The first-order valence-corrected chi connectivity index (χ1v) is 8.57. The van der Waals surface area contributed by atoms with E-state index in [2.05, 4.69) is 10.2 Å². The highest BCUT2D eigenvalue weighted by atomic mass is 19.3. The average Bonchev–Trinajstić information content (AvgIpc) is 3.27. The number of hydrogen-bond donors (Lipinski definition) is 1. The van der Waals surface area contributed by atoms with Gasteiger partial charge in [-0.15, -0.1) is 0 Å². The van der Waals surface area contributed by atoms with Crippen LogP contribution in [0.3, 0.4) is 0 Å². The Kier molecular flexibility index (Phi) is 4.18. The molecular weight excluding hydrogens is 364 g/mol. The van der Waals surface area contributed by atoms with Gasteiger partial charge in [0, 0.05) is 10.9 Å². The van der Waals surface area contributed by atoms with E-state index in [-0.39, 0.29) is 0 Å². The Bertz CT molecular complexity index is 1210. The number of alkyl halides is 2. The van der Waals surface area contributed by atoms with E-state index in [1.165, 1.54) is 12.4 Å². The van der Waals surface area contributed by atoms with Crippen LogP contribution in [0.1, 0.15) is 28.0 Å². The highest BCUT2D eigenvalue weighted by Crippen LogP contribution is 2.30. The molecule has 1 amide bonds. The summed E-state index contributed by atoms with van der Waals surface area (Å²) in [5, 5.41) is 8.79. The fourth-order valence-electron chi connectivity index (χ4n) is 3.49. The molecular formula is C20H17F2N5O. The van der Waals surface area contributed by atoms with Gasteiger partial charge >= 0.3 is 6.55 Å². The minimum absolute atomic E-state index is 0.450. The monoisotopic (exact) mass is 381 g/mol. The summed E-state index contributed by atoms with van der Waals surface area (Å²) in [5.74, 6) is -0.457. The van der Waals surface area contributed by atoms with Crippen LogP contribution in [-0.4, -0.2) is 25.5 Å². The summed E-state index contributed by atoms with van der Waals surface area (Å²) in [6, 6.07) is 9.53. The van der Waals surface area contributed by atoms with Crippen molar-refractivity contribution in [2.75, 3.05) is 0 Å². The van der Waals surface area contributed by atoms with E-state index in [1.54, 1.807) is 10.9 Å². The van der Waals surface area contributed by atoms with Crippen molar-refractivity contribution in [1.82, 2.24) is 19.6 Å². The molecule has 2 aromatic carbocycles. The molecule has 6 nitrogen and oxygen atoms in total. The molecule has 4 aromatic rings. The number of fused-ring (bicyclic) bond motifs is 1. The molecule has 142 valence electrons. The van der Waals surface area contributed by atoms with Gasteiger partial charge in [0.2, 0.25) is 5.91 Å². The summed E-state index contributed by atoms with van der Waals surface area (Å²) in [6.07, 6.45) is 4.25. The van der Waals surface area contributed by atoms with Crippen LogP contribution in [0.15, 0.2) is 48.9 Å². The van der Waals surface area contributed by atoms with Gasteiger partial charge in [0.25, 0.3) is 0 Å². The second-order valence-corrected chi connectivity index (χ2v) is 6.58. The van der Waals surface area contributed by atoms with Gasteiger partial charge in [-0.05, 0) is 48.2 Å². The molecule has 0 fully saturated rings. The van der Waals surface area contributed by atoms with Crippen molar-refractivity contribution in [2.45, 2.75) is 20.4 Å². The topological polar surface area (TPSA) is 78.7 Å². The third kappa shape index (κ3) is 2.83. The molecule has 0 spiro atoms. The fraction of sp³-hybridized carbons (Fsp3) is 0.150. The van der Waals surface area contributed by atoms with Crippen molar-refractivity contribution in [1.29, 1.82) is 0 Å². The first kappa shape index (κ1) is 17.8. The van der Waals surface area contributed by atoms with Gasteiger partial charge in [0.1, 0.15) is 5.69 Å². The van der Waals surface area contributed by atoms with Gasteiger partial charge in [-0.2, -0.15) is 19.0 Å². The third-order valence-electron chi connectivity index (χ3n) is 4.83. The second kappa shape index (κ2) is 6.56. The average molecular weight is 381 g/mol. The molecule has 2 aromatic heterocycles. The number of carbonyl (C=O) groups excluding carboxylic acids is 1. The number of aryl methyl sites for hydroxylation is 1. The lowest BCUT2D eigenvalue weighted by Crippen LogP contribution is -2.15. The van der Waals surface area contributed by atoms with E-state index < -0.39 is 12.5 Å². The number of amides is 1. The predicted molar refractivity (Wildman–Crippen MR) is 102 cm³/mol. The second-order valence-electron chi connectivity index (χ2n) is 6.58. The molecule has 2 N–H and O–H groups in total. The summed E-state index contributed by atoms with van der Waals surface area (Å²) in [7, 11) is 0. The Labute approximate surface area is 159 Å². The highest BCUT2D eigenvalue weighted by Gasteiger charge is 2.15. The molecule has 0 unspecified atom stereocenters. The number of nitrogens with two attached hydrogens (primary N) is 1. The van der Waals surface area contributed by atoms with Gasteiger partial charge in [0.05, 0.1) is 24.1 Å². The van der Waals surface area contributed by atoms with Crippen LogP contribution in [0.5, 0.6) is 0 Å². The quantitative estimate of drug-likeness (QED) is 0.580. The summed E-state index contributed by atoms with van der Waals surface area (Å²) in [5.41, 5.74) is 10.7. The Morgan fingerprint density at radius 3 is 2.57 bits per heavy atom. The van der Waals surface area contributed by atoms with Crippen LogP contribution in [0.4, 0.5) is 8.78 Å². The number of rotatable bonds is 4. The SMILES string of the molecule is Cc1ccc(-c2ccc3c(cnn3-c3cnn(C(F)F)c3)c2)c(C)c1C(N)=O. The van der Waals surface area contributed by atoms with Crippen molar-refractivity contribution in [3.63, 3.8) is 0 Å². The predicted octanol–water partition coefficient (Wildman–Crippen LogP) is 4.00. The van der Waals surface area contributed by atoms with Gasteiger partial charge in [-0.1, -0.05) is 18.2 Å². The standard InChI is InChI=1S/C20H17F2N5O/c1-11-3-5-16(12(2)18(11)19(23)28)13-4-6-17-14(7-13)8-25-27(17)15-9-24-26(10-15)20(21)22/h3-10,20H,1-2H3,(H2,23,28). The lowest BCUT2D eigenvalue weighted by molar-refractivity contribution is 0.0566. The number of hydrogen-bond acceptors (Lipinski definition) is 3. The van der Waals surface area contributed by atoms with Crippen LogP contribution in [0.2, 0.25) is 0 Å². The maximum Gasteiger partial charge on any atom is 0.333 e. The Balaban J connectivity index is 1.80. The molecule has 8 heteroatoms. The smallest absolute Gasteiger partial charge is 0.333 e. The van der Waals surface area contributed by atoms with Gasteiger partial charge in [-0.3, -0.25) is 4.79 Å². The Morgan fingerprint density at radius 1 is 1.11 bits per heavy atom. The first-order chi connectivity index (χ1) is 13.4. The first-order valence-electron chi connectivity index (χ1n) is 8.57. The normalized spacial score (nSPS) is 11.5. The van der Waals surface area contributed by atoms with Crippen molar-refractivity contribution < 1.29 is 13.6 Å². The summed E-state index contributed by atoms with van der Waals surface area (Å²) in [4.78, 5) is 11.8. The van der Waals surface area contributed by atoms with Crippen molar-refractivity contribution in [3.8, 4) is 16.8 Å². The minimum Gasteiger partial charge on any atom is -0.366 e. The largest absolute Gasteiger partial charge is 0.366 e. The van der Waals surface area contributed by atoms with Crippen LogP contribution >= 0.6 is 0 Å². The molecule has 28 heavy (non-hydrogen) atoms. The number of halogens is 2. The van der Waals surface area contributed by atoms with Crippen LogP contribution in [0.25, 0.3) is 27.7 Å². The minimum atomic E-state index is -2.70. The highest BCUT2D eigenvalue weighted by molar-refractivity contribution is 5.98. The Hall–Kier alpha value is -3.55. The molecule has 0 saturated heterocycles. The molecule has 0 radical (unpaired) electrons. The number of primary amides is 1. The van der Waals surface area contributed by atoms with Gasteiger partial charge in [-0.25, -0.2) is 9.36 Å². The molecule has 0 bridgehead atoms. The van der Waals surface area contributed by atoms with Crippen LogP contribution in [0, 0.1) is 13.8 Å². The van der Waals surface area contributed by atoms with E-state index in [9.17, 15) is 13.6 Å². The van der Waals surface area contributed by atoms with E-state index in [4.69, 9.17) is 5.73 Å². The zero-order chi connectivity index (χ0) is 20.0. The molecule has 2 heterocycles. The molecule has 0 aliphatic rings. The number of aromatic nitrogens is 4. The fourth-order valence-corrected chi connectivity index (χ4v) is 3.49. The van der Waals surface area contributed by atoms with Crippen LogP contribution < -0.4 is 5.73 Å². The lowest BCUT2D eigenvalue weighted by atomic mass is 9.92. The summed E-state index contributed by atoms with van der Waals surface area (Å²) in [6.45, 7) is 1.02. The number of benzene rings is 2. The molecule has 0 aliphatic carbocycles. The van der Waals surface area contributed by atoms with E-state index in [0.717, 1.165) is 33.2 Å². The summed E-state index contributed by atoms with van der Waals surface area (Å²) < 4.78 is 27.7. The maximum atomic E-state index is 12.8.